The molecule has 2 N–H and O–H groups in total. The zero-order valence-corrected chi connectivity index (χ0v) is 16.9. The van der Waals surface area contributed by atoms with E-state index in [2.05, 4.69) is 15.4 Å². The summed E-state index contributed by atoms with van der Waals surface area (Å²) in [5.41, 5.74) is 3.63. The van der Waals surface area contributed by atoms with Crippen LogP contribution in [0.2, 0.25) is 0 Å². The van der Waals surface area contributed by atoms with E-state index in [1.807, 2.05) is 6.92 Å². The molecule has 0 atom stereocenters. The lowest BCUT2D eigenvalue weighted by Gasteiger charge is -2.22. The smallest absolute Gasteiger partial charge is 0.269 e. The first-order valence-electron chi connectivity index (χ1n) is 9.45. The maximum absolute atomic E-state index is 14.5. The largest absolute Gasteiger partial charge is 0.274 e. The van der Waals surface area contributed by atoms with Gasteiger partial charge >= 0.3 is 0 Å². The molecule has 1 aromatic carbocycles. The highest BCUT2D eigenvalue weighted by Crippen LogP contribution is 2.25. The maximum Gasteiger partial charge on any atom is 0.269 e. The Hall–Kier alpha value is -2.26. The number of carbonyl (C=O) groups is 1. The zero-order valence-electron chi connectivity index (χ0n) is 16.0. The number of aromatic nitrogens is 2. The zero-order chi connectivity index (χ0) is 20.3. The van der Waals surface area contributed by atoms with Gasteiger partial charge in [0.05, 0.1) is 17.0 Å². The third-order valence-electron chi connectivity index (χ3n) is 5.09. The molecule has 2 aromatic rings. The van der Waals surface area contributed by atoms with Crippen LogP contribution in [0.1, 0.15) is 54.9 Å². The molecule has 152 valence electrons. The molecule has 7 nitrogen and oxygen atoms in total. The lowest BCUT2D eigenvalue weighted by Crippen LogP contribution is -2.46. The number of nitrogens with zero attached hydrogens (tertiary/aromatic N) is 2. The van der Waals surface area contributed by atoms with Crippen LogP contribution in [-0.2, 0) is 16.6 Å². The lowest BCUT2D eigenvalue weighted by molar-refractivity contribution is 0.0940. The fourth-order valence-corrected chi connectivity index (χ4v) is 4.79. The van der Waals surface area contributed by atoms with Crippen LogP contribution in [0, 0.1) is 12.7 Å². The molecule has 3 rings (SSSR count). The highest BCUT2D eigenvalue weighted by Gasteiger charge is 2.28. The number of aryl methyl sites for hydroxylation is 2. The van der Waals surface area contributed by atoms with Crippen molar-refractivity contribution in [1.29, 1.82) is 0 Å². The van der Waals surface area contributed by atoms with Crippen molar-refractivity contribution in [3.63, 3.8) is 0 Å². The second-order valence-corrected chi connectivity index (χ2v) is 9.06. The number of rotatable bonds is 6. The van der Waals surface area contributed by atoms with Gasteiger partial charge in [-0.05, 0) is 49.9 Å². The van der Waals surface area contributed by atoms with E-state index in [0.717, 1.165) is 24.8 Å². The molecule has 1 saturated carbocycles. The number of sulfonamides is 1. The van der Waals surface area contributed by atoms with Crippen molar-refractivity contribution in [2.75, 3.05) is 0 Å². The monoisotopic (exact) mass is 408 g/mol. The summed E-state index contributed by atoms with van der Waals surface area (Å²) < 4.78 is 41.0. The molecule has 0 unspecified atom stereocenters. The number of halogens is 1. The highest BCUT2D eigenvalue weighted by molar-refractivity contribution is 7.90. The van der Waals surface area contributed by atoms with Gasteiger partial charge in [-0.3, -0.25) is 14.9 Å². The van der Waals surface area contributed by atoms with E-state index in [0.29, 0.717) is 30.5 Å². The Balaban J connectivity index is 1.79. The first-order chi connectivity index (χ1) is 13.3. The van der Waals surface area contributed by atoms with E-state index >= 15 is 0 Å². The molecule has 0 radical (unpaired) electrons. The fraction of sp³-hybridized carbons (Fsp3) is 0.474. The van der Waals surface area contributed by atoms with Crippen molar-refractivity contribution in [3.05, 3.63) is 41.5 Å². The van der Waals surface area contributed by atoms with E-state index in [-0.39, 0.29) is 5.56 Å². The molecular weight excluding hydrogens is 383 g/mol. The van der Waals surface area contributed by atoms with E-state index in [1.54, 1.807) is 30.1 Å². The topological polar surface area (TPSA) is 93.1 Å². The summed E-state index contributed by atoms with van der Waals surface area (Å²) in [4.78, 5) is 14.6. The van der Waals surface area contributed by atoms with Crippen molar-refractivity contribution < 1.29 is 17.6 Å². The number of hydrogen-bond donors (Lipinski definition) is 2. The quantitative estimate of drug-likeness (QED) is 0.719. The molecule has 1 aliphatic rings. The first-order valence-corrected chi connectivity index (χ1v) is 11.0. The van der Waals surface area contributed by atoms with Crippen molar-refractivity contribution in [2.45, 2.75) is 57.7 Å². The molecule has 9 heteroatoms. The summed E-state index contributed by atoms with van der Waals surface area (Å²) in [5, 5.41) is 3.66. The molecule has 0 spiro atoms. The molecule has 28 heavy (non-hydrogen) atoms. The Morgan fingerprint density at radius 3 is 2.61 bits per heavy atom. The van der Waals surface area contributed by atoms with Gasteiger partial charge < -0.3 is 0 Å². The molecule has 0 saturated heterocycles. The Morgan fingerprint density at radius 1 is 1.25 bits per heavy atom. The van der Waals surface area contributed by atoms with Crippen LogP contribution in [0.4, 0.5) is 4.39 Å². The number of benzene rings is 1. The third-order valence-corrected chi connectivity index (χ3v) is 6.82. The molecular formula is C19H25FN4O3S. The summed E-state index contributed by atoms with van der Waals surface area (Å²) in [5.74, 6) is -1.51. The van der Waals surface area contributed by atoms with Crippen LogP contribution < -0.4 is 10.3 Å². The van der Waals surface area contributed by atoms with E-state index in [4.69, 9.17) is 0 Å². The van der Waals surface area contributed by atoms with E-state index < -0.39 is 27.0 Å². The molecule has 1 fully saturated rings. The minimum Gasteiger partial charge on any atom is -0.274 e. The number of hydrogen-bond acceptors (Lipinski definition) is 4. The standard InChI is InChI=1S/C19H25FN4O3S/c1-3-24-12-15(11-21-24)14-9-13(2)18(20)17(10-14)19(25)22-23-28(26,27)16-7-5-4-6-8-16/h9-12,16,23H,3-8H2,1-2H3,(H,22,25). The van der Waals surface area contributed by atoms with Crippen molar-refractivity contribution in [2.24, 2.45) is 0 Å². The van der Waals surface area contributed by atoms with Gasteiger partial charge in [-0.2, -0.15) is 5.10 Å². The van der Waals surface area contributed by atoms with E-state index in [1.165, 1.54) is 6.07 Å². The fourth-order valence-electron chi connectivity index (χ4n) is 3.43. The van der Waals surface area contributed by atoms with E-state index in [9.17, 15) is 17.6 Å². The number of carbonyl (C=O) groups excluding carboxylic acids is 1. The normalized spacial score (nSPS) is 15.5. The van der Waals surface area contributed by atoms with Gasteiger partial charge in [0.2, 0.25) is 10.0 Å². The molecule has 0 aliphatic heterocycles. The van der Waals surface area contributed by atoms with Gasteiger partial charge in [0.25, 0.3) is 5.91 Å². The average molecular weight is 408 g/mol. The molecule has 1 aromatic heterocycles. The van der Waals surface area contributed by atoms with Gasteiger partial charge in [-0.25, -0.2) is 12.8 Å². The van der Waals surface area contributed by atoms with Crippen molar-refractivity contribution in [1.82, 2.24) is 20.0 Å². The Bertz CT molecular complexity index is 966. The summed E-state index contributed by atoms with van der Waals surface area (Å²) in [6.45, 7) is 4.20. The minimum atomic E-state index is -3.69. The van der Waals surface area contributed by atoms with Gasteiger partial charge in [-0.15, -0.1) is 4.83 Å². The van der Waals surface area contributed by atoms with Crippen LogP contribution in [-0.4, -0.2) is 29.4 Å². The second kappa shape index (κ2) is 8.40. The summed E-state index contributed by atoms with van der Waals surface area (Å²) in [7, 11) is -3.69. The minimum absolute atomic E-state index is 0.217. The Morgan fingerprint density at radius 2 is 1.96 bits per heavy atom. The van der Waals surface area contributed by atoms with Crippen LogP contribution in [0.25, 0.3) is 11.1 Å². The summed E-state index contributed by atoms with van der Waals surface area (Å²) >= 11 is 0. The SMILES string of the molecule is CCn1cc(-c2cc(C)c(F)c(C(=O)NNS(=O)(=O)C3CCCCC3)c2)cn1. The van der Waals surface area contributed by atoms with Gasteiger partial charge in [0.1, 0.15) is 5.82 Å². The van der Waals surface area contributed by atoms with Crippen LogP contribution in [0.15, 0.2) is 24.5 Å². The molecule has 1 aliphatic carbocycles. The first kappa shape index (κ1) is 20.5. The van der Waals surface area contributed by atoms with Gasteiger partial charge in [0, 0.05) is 18.3 Å². The summed E-state index contributed by atoms with van der Waals surface area (Å²) in [6.07, 6.45) is 7.29. The van der Waals surface area contributed by atoms with Crippen molar-refractivity contribution in [3.8, 4) is 11.1 Å². The Kier molecular flexibility index (Phi) is 6.14. The number of hydrazine groups is 1. The molecule has 0 bridgehead atoms. The van der Waals surface area contributed by atoms with Crippen LogP contribution in [0.5, 0.6) is 0 Å². The predicted octanol–water partition coefficient (Wildman–Crippen LogP) is 2.91. The van der Waals surface area contributed by atoms with Gasteiger partial charge in [0.15, 0.2) is 0 Å². The number of amides is 1. The highest BCUT2D eigenvalue weighted by atomic mass is 32.2. The lowest BCUT2D eigenvalue weighted by atomic mass is 10.0. The number of nitrogens with one attached hydrogen (secondary N) is 2. The van der Waals surface area contributed by atoms with Crippen LogP contribution in [0.3, 0.4) is 0 Å². The maximum atomic E-state index is 14.5. The third kappa shape index (κ3) is 4.41. The van der Waals surface area contributed by atoms with Crippen molar-refractivity contribution >= 4 is 15.9 Å². The Labute approximate surface area is 164 Å². The second-order valence-electron chi connectivity index (χ2n) is 7.10. The van der Waals surface area contributed by atoms with Crippen LogP contribution >= 0.6 is 0 Å². The summed E-state index contributed by atoms with van der Waals surface area (Å²) in [6, 6.07) is 3.04. The molecule has 1 amide bonds. The predicted molar refractivity (Wildman–Crippen MR) is 104 cm³/mol. The van der Waals surface area contributed by atoms with Gasteiger partial charge in [-0.1, -0.05) is 19.3 Å². The molecule has 1 heterocycles. The average Bonchev–Trinajstić information content (AvgIpc) is 3.18.